The maximum absolute atomic E-state index is 5.77. The molecule has 1 N–H and O–H groups in total. The molecular weight excluding hydrogens is 360 g/mol. The highest BCUT2D eigenvalue weighted by molar-refractivity contribution is 8.00. The van der Waals surface area contributed by atoms with E-state index >= 15 is 0 Å². The van der Waals surface area contributed by atoms with Crippen molar-refractivity contribution in [3.8, 4) is 5.75 Å². The van der Waals surface area contributed by atoms with Gasteiger partial charge in [-0.1, -0.05) is 40.8 Å². The van der Waals surface area contributed by atoms with E-state index < -0.39 is 0 Å². The van der Waals surface area contributed by atoms with Crippen molar-refractivity contribution in [1.29, 1.82) is 0 Å². The zero-order chi connectivity index (χ0) is 16.8. The van der Waals surface area contributed by atoms with Crippen LogP contribution in [0.5, 0.6) is 5.75 Å². The molecule has 0 radical (unpaired) electrons. The first-order valence-corrected chi connectivity index (χ1v) is 10.2. The standard InChI is InChI=1S/C16H18N4OS3/c1-3-17-15-19-20-16(24-15)23-10-12-9-22-14(18-12)8-21-13-6-4-11(2)5-7-13/h4-7,9H,3,8,10H2,1-2H3,(H,17,19). The van der Waals surface area contributed by atoms with Crippen LogP contribution in [0, 0.1) is 6.92 Å². The zero-order valence-corrected chi connectivity index (χ0v) is 15.9. The van der Waals surface area contributed by atoms with Gasteiger partial charge in [0.2, 0.25) is 5.13 Å². The van der Waals surface area contributed by atoms with E-state index in [2.05, 4.69) is 32.8 Å². The fraction of sp³-hybridized carbons (Fsp3) is 0.312. The second-order valence-corrected chi connectivity index (χ2v) is 8.17. The number of anilines is 1. The summed E-state index contributed by atoms with van der Waals surface area (Å²) in [6.07, 6.45) is 0. The number of aryl methyl sites for hydroxylation is 1. The van der Waals surface area contributed by atoms with Crippen LogP contribution in [0.2, 0.25) is 0 Å². The van der Waals surface area contributed by atoms with Gasteiger partial charge in [0.05, 0.1) is 5.69 Å². The lowest BCUT2D eigenvalue weighted by atomic mass is 10.2. The largest absolute Gasteiger partial charge is 0.486 e. The Morgan fingerprint density at radius 1 is 1.21 bits per heavy atom. The number of hydrogen-bond donors (Lipinski definition) is 1. The average molecular weight is 379 g/mol. The molecule has 0 atom stereocenters. The molecule has 0 aliphatic heterocycles. The SMILES string of the molecule is CCNc1nnc(SCc2csc(COc3ccc(C)cc3)n2)s1. The molecule has 8 heteroatoms. The highest BCUT2D eigenvalue weighted by Gasteiger charge is 2.07. The third-order valence-corrected chi connectivity index (χ3v) is 5.98. The first kappa shape index (κ1) is 17.2. The van der Waals surface area contributed by atoms with E-state index in [-0.39, 0.29) is 0 Å². The molecule has 0 bridgehead atoms. The Balaban J connectivity index is 1.48. The Morgan fingerprint density at radius 2 is 2.04 bits per heavy atom. The van der Waals surface area contributed by atoms with E-state index in [1.54, 1.807) is 34.4 Å². The van der Waals surface area contributed by atoms with Crippen molar-refractivity contribution in [3.05, 3.63) is 45.9 Å². The zero-order valence-electron chi connectivity index (χ0n) is 13.5. The average Bonchev–Trinajstić information content (AvgIpc) is 3.22. The minimum atomic E-state index is 0.502. The molecular formula is C16H18N4OS3. The number of nitrogens with one attached hydrogen (secondary N) is 1. The van der Waals surface area contributed by atoms with E-state index in [4.69, 9.17) is 4.74 Å². The summed E-state index contributed by atoms with van der Waals surface area (Å²) >= 11 is 4.86. The molecule has 0 saturated heterocycles. The van der Waals surface area contributed by atoms with Gasteiger partial charge in [0, 0.05) is 17.7 Å². The molecule has 2 heterocycles. The summed E-state index contributed by atoms with van der Waals surface area (Å²) in [5, 5.41) is 15.3. The molecule has 2 aromatic heterocycles. The lowest BCUT2D eigenvalue weighted by Gasteiger charge is -2.03. The van der Waals surface area contributed by atoms with Gasteiger partial charge in [-0.3, -0.25) is 0 Å². The van der Waals surface area contributed by atoms with Crippen LogP contribution in [0.1, 0.15) is 23.2 Å². The number of thiazole rings is 1. The van der Waals surface area contributed by atoms with E-state index in [0.717, 1.165) is 38.2 Å². The molecule has 0 aliphatic carbocycles. The number of benzene rings is 1. The molecule has 0 unspecified atom stereocenters. The lowest BCUT2D eigenvalue weighted by Crippen LogP contribution is -1.95. The number of nitrogens with zero attached hydrogens (tertiary/aromatic N) is 3. The summed E-state index contributed by atoms with van der Waals surface area (Å²) in [4.78, 5) is 4.61. The van der Waals surface area contributed by atoms with Crippen molar-refractivity contribution in [2.75, 3.05) is 11.9 Å². The Hall–Kier alpha value is -1.64. The predicted octanol–water partition coefficient (Wildman–Crippen LogP) is 4.61. The molecule has 0 aliphatic rings. The smallest absolute Gasteiger partial charge is 0.206 e. The minimum Gasteiger partial charge on any atom is -0.486 e. The van der Waals surface area contributed by atoms with Crippen LogP contribution in [0.3, 0.4) is 0 Å². The number of aromatic nitrogens is 3. The van der Waals surface area contributed by atoms with E-state index in [9.17, 15) is 0 Å². The van der Waals surface area contributed by atoms with E-state index in [0.29, 0.717) is 6.61 Å². The summed E-state index contributed by atoms with van der Waals surface area (Å²) in [5.74, 6) is 1.67. The van der Waals surface area contributed by atoms with Gasteiger partial charge in [0.25, 0.3) is 0 Å². The topological polar surface area (TPSA) is 59.9 Å². The van der Waals surface area contributed by atoms with Crippen LogP contribution in [0.25, 0.3) is 0 Å². The van der Waals surface area contributed by atoms with Crippen molar-refractivity contribution >= 4 is 39.6 Å². The first-order chi connectivity index (χ1) is 11.7. The molecule has 1 aromatic carbocycles. The van der Waals surface area contributed by atoms with Gasteiger partial charge in [0.1, 0.15) is 17.4 Å². The van der Waals surface area contributed by atoms with E-state index in [1.807, 2.05) is 31.2 Å². The van der Waals surface area contributed by atoms with Gasteiger partial charge >= 0.3 is 0 Å². The molecule has 3 rings (SSSR count). The monoisotopic (exact) mass is 378 g/mol. The fourth-order valence-electron chi connectivity index (χ4n) is 1.89. The summed E-state index contributed by atoms with van der Waals surface area (Å²) in [7, 11) is 0. The molecule has 5 nitrogen and oxygen atoms in total. The van der Waals surface area contributed by atoms with Gasteiger partial charge in [-0.15, -0.1) is 21.5 Å². The third-order valence-electron chi connectivity index (χ3n) is 3.06. The van der Waals surface area contributed by atoms with Gasteiger partial charge < -0.3 is 10.1 Å². The van der Waals surface area contributed by atoms with Gasteiger partial charge in [0.15, 0.2) is 4.34 Å². The van der Waals surface area contributed by atoms with Crippen molar-refractivity contribution in [3.63, 3.8) is 0 Å². The van der Waals surface area contributed by atoms with Crippen molar-refractivity contribution in [2.24, 2.45) is 0 Å². The van der Waals surface area contributed by atoms with Gasteiger partial charge in [-0.2, -0.15) is 0 Å². The van der Waals surface area contributed by atoms with Crippen LogP contribution < -0.4 is 10.1 Å². The van der Waals surface area contributed by atoms with Crippen molar-refractivity contribution in [1.82, 2.24) is 15.2 Å². The van der Waals surface area contributed by atoms with Gasteiger partial charge in [-0.05, 0) is 26.0 Å². The Kier molecular flexibility index (Phi) is 6.06. The Morgan fingerprint density at radius 3 is 2.83 bits per heavy atom. The maximum Gasteiger partial charge on any atom is 0.206 e. The van der Waals surface area contributed by atoms with Crippen LogP contribution in [-0.2, 0) is 12.4 Å². The quantitative estimate of drug-likeness (QED) is 0.578. The number of thioether (sulfide) groups is 1. The van der Waals surface area contributed by atoms with E-state index in [1.165, 1.54) is 5.56 Å². The van der Waals surface area contributed by atoms with Gasteiger partial charge in [-0.25, -0.2) is 4.98 Å². The van der Waals surface area contributed by atoms with Crippen molar-refractivity contribution < 1.29 is 4.74 Å². The lowest BCUT2D eigenvalue weighted by molar-refractivity contribution is 0.305. The molecule has 0 spiro atoms. The van der Waals surface area contributed by atoms with Crippen LogP contribution >= 0.6 is 34.4 Å². The van der Waals surface area contributed by atoms with Crippen LogP contribution in [0.4, 0.5) is 5.13 Å². The normalized spacial score (nSPS) is 10.8. The molecule has 126 valence electrons. The number of rotatable bonds is 8. The van der Waals surface area contributed by atoms with Crippen LogP contribution in [0.15, 0.2) is 34.0 Å². The Bertz CT molecular complexity index is 770. The molecule has 0 saturated carbocycles. The Labute approximate surface area is 153 Å². The highest BCUT2D eigenvalue weighted by Crippen LogP contribution is 2.28. The third kappa shape index (κ3) is 4.93. The first-order valence-electron chi connectivity index (χ1n) is 7.56. The summed E-state index contributed by atoms with van der Waals surface area (Å²) in [6.45, 7) is 5.47. The molecule has 24 heavy (non-hydrogen) atoms. The maximum atomic E-state index is 5.77. The number of hydrogen-bond acceptors (Lipinski definition) is 8. The molecule has 0 amide bonds. The molecule has 3 aromatic rings. The summed E-state index contributed by atoms with van der Waals surface area (Å²) in [5.41, 5.74) is 2.28. The van der Waals surface area contributed by atoms with Crippen LogP contribution in [-0.4, -0.2) is 21.7 Å². The summed E-state index contributed by atoms with van der Waals surface area (Å²) < 4.78 is 6.72. The second kappa shape index (κ2) is 8.46. The highest BCUT2D eigenvalue weighted by atomic mass is 32.2. The number of ether oxygens (including phenoxy) is 1. The van der Waals surface area contributed by atoms with Crippen molar-refractivity contribution in [2.45, 2.75) is 30.5 Å². The molecule has 0 fully saturated rings. The second-order valence-electron chi connectivity index (χ2n) is 5.03. The fourth-order valence-corrected chi connectivity index (χ4v) is 4.41. The summed E-state index contributed by atoms with van der Waals surface area (Å²) in [6, 6.07) is 8.06. The predicted molar refractivity (Wildman–Crippen MR) is 101 cm³/mol. The minimum absolute atomic E-state index is 0.502.